The molecular formula is C12H8Cl2N2O2. The van der Waals surface area contributed by atoms with Crippen molar-refractivity contribution in [3.63, 3.8) is 0 Å². The summed E-state index contributed by atoms with van der Waals surface area (Å²) in [5.41, 5.74) is 0.542. The summed E-state index contributed by atoms with van der Waals surface area (Å²) >= 11 is 11.8. The predicted octanol–water partition coefficient (Wildman–Crippen LogP) is 3.35. The molecule has 0 bridgehead atoms. The Morgan fingerprint density at radius 2 is 2.00 bits per heavy atom. The molecule has 18 heavy (non-hydrogen) atoms. The Kier molecular flexibility index (Phi) is 3.69. The minimum atomic E-state index is -0.467. The highest BCUT2D eigenvalue weighted by atomic mass is 35.5. The molecule has 2 rings (SSSR count). The maximum absolute atomic E-state index is 11.9. The van der Waals surface area contributed by atoms with Crippen LogP contribution < -0.4 is 5.32 Å². The number of hydrogen-bond acceptors (Lipinski definition) is 3. The molecule has 0 aliphatic heterocycles. The Morgan fingerprint density at radius 1 is 1.22 bits per heavy atom. The zero-order valence-corrected chi connectivity index (χ0v) is 10.5. The van der Waals surface area contributed by atoms with Gasteiger partial charge in [-0.25, -0.2) is 0 Å². The number of nitrogens with one attached hydrogen (secondary N) is 1. The lowest BCUT2D eigenvalue weighted by Gasteiger charge is -2.08. The van der Waals surface area contributed by atoms with Gasteiger partial charge in [0.1, 0.15) is 5.75 Å². The van der Waals surface area contributed by atoms with Crippen LogP contribution in [0, 0.1) is 0 Å². The first-order valence-electron chi connectivity index (χ1n) is 4.97. The molecule has 0 saturated heterocycles. The summed E-state index contributed by atoms with van der Waals surface area (Å²) < 4.78 is 0. The van der Waals surface area contributed by atoms with E-state index in [0.717, 1.165) is 0 Å². The van der Waals surface area contributed by atoms with Gasteiger partial charge in [-0.3, -0.25) is 9.78 Å². The van der Waals surface area contributed by atoms with E-state index in [1.54, 1.807) is 6.07 Å². The van der Waals surface area contributed by atoms with Gasteiger partial charge in [0.25, 0.3) is 5.91 Å². The van der Waals surface area contributed by atoms with Crippen molar-refractivity contribution >= 4 is 34.8 Å². The van der Waals surface area contributed by atoms with Crippen LogP contribution in [0.25, 0.3) is 0 Å². The summed E-state index contributed by atoms with van der Waals surface area (Å²) in [6, 6.07) is 5.68. The second-order valence-electron chi connectivity index (χ2n) is 3.47. The molecule has 0 spiro atoms. The minimum absolute atomic E-state index is 0.0400. The fourth-order valence-corrected chi connectivity index (χ4v) is 1.70. The molecule has 0 aliphatic carbocycles. The molecule has 1 aromatic carbocycles. The smallest absolute Gasteiger partial charge is 0.257 e. The number of nitrogens with zero attached hydrogens (tertiary/aromatic N) is 1. The molecule has 1 heterocycles. The fourth-order valence-electron chi connectivity index (χ4n) is 1.35. The summed E-state index contributed by atoms with van der Waals surface area (Å²) in [7, 11) is 0. The van der Waals surface area contributed by atoms with E-state index in [2.05, 4.69) is 10.3 Å². The van der Waals surface area contributed by atoms with Crippen molar-refractivity contribution in [2.75, 3.05) is 5.32 Å². The molecule has 0 fully saturated rings. The molecule has 0 unspecified atom stereocenters. The molecule has 0 aliphatic rings. The van der Waals surface area contributed by atoms with Gasteiger partial charge in [-0.05, 0) is 24.3 Å². The zero-order valence-electron chi connectivity index (χ0n) is 9.02. The predicted molar refractivity (Wildman–Crippen MR) is 70.3 cm³/mol. The van der Waals surface area contributed by atoms with Crippen LogP contribution in [0.2, 0.25) is 10.0 Å². The third-order valence-electron chi connectivity index (χ3n) is 2.21. The van der Waals surface area contributed by atoms with E-state index < -0.39 is 5.91 Å². The molecule has 6 heteroatoms. The van der Waals surface area contributed by atoms with E-state index in [-0.39, 0.29) is 16.3 Å². The molecule has 4 nitrogen and oxygen atoms in total. The van der Waals surface area contributed by atoms with E-state index in [1.165, 1.54) is 30.6 Å². The monoisotopic (exact) mass is 282 g/mol. The average molecular weight is 283 g/mol. The number of benzene rings is 1. The molecule has 92 valence electrons. The molecule has 0 radical (unpaired) electrons. The lowest BCUT2D eigenvalue weighted by Crippen LogP contribution is -2.12. The fraction of sp³-hybridized carbons (Fsp3) is 0. The topological polar surface area (TPSA) is 62.2 Å². The van der Waals surface area contributed by atoms with Gasteiger partial charge in [0.15, 0.2) is 0 Å². The van der Waals surface area contributed by atoms with E-state index in [9.17, 15) is 9.90 Å². The standard InChI is InChI=1S/C12H8Cl2N2O2/c13-9-2-1-7(17)5-8(9)12(18)16-11-6-15-4-3-10(11)14/h1-6,17H,(H,16,18). The third-order valence-corrected chi connectivity index (χ3v) is 2.87. The van der Waals surface area contributed by atoms with Crippen molar-refractivity contribution in [1.82, 2.24) is 4.98 Å². The van der Waals surface area contributed by atoms with Crippen molar-refractivity contribution in [2.24, 2.45) is 0 Å². The van der Waals surface area contributed by atoms with Crippen LogP contribution >= 0.6 is 23.2 Å². The molecule has 2 aromatic rings. The Labute approximate surface area is 113 Å². The second-order valence-corrected chi connectivity index (χ2v) is 4.29. The van der Waals surface area contributed by atoms with E-state index in [4.69, 9.17) is 23.2 Å². The Bertz CT molecular complexity index is 602. The molecule has 0 atom stereocenters. The van der Waals surface area contributed by atoms with Gasteiger partial charge in [0.05, 0.1) is 27.5 Å². The number of hydrogen-bond donors (Lipinski definition) is 2. The molecular weight excluding hydrogens is 275 g/mol. The summed E-state index contributed by atoms with van der Waals surface area (Å²) in [6.07, 6.45) is 2.94. The largest absolute Gasteiger partial charge is 0.508 e. The zero-order chi connectivity index (χ0) is 13.1. The number of carbonyl (C=O) groups excluding carboxylic acids is 1. The SMILES string of the molecule is O=C(Nc1cnccc1Cl)c1cc(O)ccc1Cl. The van der Waals surface area contributed by atoms with Crippen LogP contribution in [-0.2, 0) is 0 Å². The highest BCUT2D eigenvalue weighted by molar-refractivity contribution is 6.35. The van der Waals surface area contributed by atoms with Gasteiger partial charge in [-0.15, -0.1) is 0 Å². The Balaban J connectivity index is 2.28. The number of phenolic OH excluding ortho intramolecular Hbond substituents is 1. The Hall–Kier alpha value is -1.78. The summed E-state index contributed by atoms with van der Waals surface area (Å²) in [4.78, 5) is 15.8. The van der Waals surface area contributed by atoms with E-state index >= 15 is 0 Å². The normalized spacial score (nSPS) is 10.1. The van der Waals surface area contributed by atoms with Crippen molar-refractivity contribution in [3.05, 3.63) is 52.3 Å². The lowest BCUT2D eigenvalue weighted by molar-refractivity contribution is 0.102. The first-order chi connectivity index (χ1) is 8.58. The Morgan fingerprint density at radius 3 is 2.72 bits per heavy atom. The van der Waals surface area contributed by atoms with Crippen LogP contribution in [0.4, 0.5) is 5.69 Å². The number of carbonyl (C=O) groups is 1. The van der Waals surface area contributed by atoms with Crippen LogP contribution in [0.3, 0.4) is 0 Å². The number of aromatic hydroxyl groups is 1. The lowest BCUT2D eigenvalue weighted by atomic mass is 10.2. The van der Waals surface area contributed by atoms with Gasteiger partial charge >= 0.3 is 0 Å². The molecule has 0 saturated carbocycles. The first-order valence-corrected chi connectivity index (χ1v) is 5.73. The number of halogens is 2. The number of aromatic nitrogens is 1. The summed E-state index contributed by atoms with van der Waals surface area (Å²) in [5.74, 6) is -0.507. The molecule has 2 N–H and O–H groups in total. The molecule has 1 amide bonds. The maximum atomic E-state index is 11.9. The average Bonchev–Trinajstić information content (AvgIpc) is 2.35. The van der Waals surface area contributed by atoms with Crippen LogP contribution in [-0.4, -0.2) is 16.0 Å². The number of amides is 1. The second kappa shape index (κ2) is 5.25. The van der Waals surface area contributed by atoms with Crippen molar-refractivity contribution in [3.8, 4) is 5.75 Å². The first kappa shape index (κ1) is 12.7. The van der Waals surface area contributed by atoms with Crippen molar-refractivity contribution in [2.45, 2.75) is 0 Å². The van der Waals surface area contributed by atoms with Crippen molar-refractivity contribution < 1.29 is 9.90 Å². The van der Waals surface area contributed by atoms with Gasteiger partial charge < -0.3 is 10.4 Å². The maximum Gasteiger partial charge on any atom is 0.257 e. The minimum Gasteiger partial charge on any atom is -0.508 e. The quantitative estimate of drug-likeness (QED) is 0.888. The van der Waals surface area contributed by atoms with Crippen molar-refractivity contribution in [1.29, 1.82) is 0 Å². The number of pyridine rings is 1. The van der Waals surface area contributed by atoms with Gasteiger partial charge in [-0.2, -0.15) is 0 Å². The number of rotatable bonds is 2. The summed E-state index contributed by atoms with van der Waals surface area (Å²) in [5, 5.41) is 12.5. The number of phenols is 1. The van der Waals surface area contributed by atoms with Crippen LogP contribution in [0.15, 0.2) is 36.7 Å². The van der Waals surface area contributed by atoms with E-state index in [0.29, 0.717) is 10.7 Å². The highest BCUT2D eigenvalue weighted by Gasteiger charge is 2.12. The highest BCUT2D eigenvalue weighted by Crippen LogP contribution is 2.24. The third kappa shape index (κ3) is 2.72. The molecule has 1 aromatic heterocycles. The van der Waals surface area contributed by atoms with Crippen LogP contribution in [0.1, 0.15) is 10.4 Å². The van der Waals surface area contributed by atoms with Gasteiger partial charge in [-0.1, -0.05) is 23.2 Å². The summed E-state index contributed by atoms with van der Waals surface area (Å²) in [6.45, 7) is 0. The van der Waals surface area contributed by atoms with Gasteiger partial charge in [0.2, 0.25) is 0 Å². The van der Waals surface area contributed by atoms with Crippen LogP contribution in [0.5, 0.6) is 5.75 Å². The number of anilines is 1. The van der Waals surface area contributed by atoms with Gasteiger partial charge in [0, 0.05) is 6.20 Å². The van der Waals surface area contributed by atoms with E-state index in [1.807, 2.05) is 0 Å².